The lowest BCUT2D eigenvalue weighted by Gasteiger charge is -2.34. The standard InChI is InChI=1S/C35H30ClN3O2.C2HF3O2/c1-38-23-37-22-33(38)35(41-3,27-12-15-29(36)16-13-27)28-14-17-32-31(20-28)30(21-34(40)39(32)2)26-11-7-10-25(19-26)18-24-8-5-4-6-9-24;3-2(4,5)1(6)7/h4-17,19-23H,18H2,1-3H3;(H,6,7). The second-order valence-electron chi connectivity index (χ2n) is 11.1. The summed E-state index contributed by atoms with van der Waals surface area (Å²) in [6.07, 6.45) is -0.670. The molecule has 1 unspecified atom stereocenters. The maximum absolute atomic E-state index is 13.1. The van der Waals surface area contributed by atoms with Crippen molar-refractivity contribution in [1.29, 1.82) is 0 Å². The number of methoxy groups -OCH3 is 1. The van der Waals surface area contributed by atoms with Crippen molar-refractivity contribution in [3.63, 3.8) is 0 Å². The van der Waals surface area contributed by atoms with E-state index in [-0.39, 0.29) is 5.56 Å². The average Bonchev–Trinajstić information content (AvgIpc) is 3.50. The number of aromatic nitrogens is 3. The van der Waals surface area contributed by atoms with Crippen molar-refractivity contribution in [3.8, 4) is 11.1 Å². The van der Waals surface area contributed by atoms with E-state index < -0.39 is 17.7 Å². The van der Waals surface area contributed by atoms with E-state index in [9.17, 15) is 18.0 Å². The van der Waals surface area contributed by atoms with Gasteiger partial charge in [0.15, 0.2) is 5.60 Å². The fourth-order valence-corrected chi connectivity index (χ4v) is 5.91. The van der Waals surface area contributed by atoms with Crippen LogP contribution in [0.15, 0.2) is 120 Å². The number of carbonyl (C=O) groups is 1. The van der Waals surface area contributed by atoms with Gasteiger partial charge in [0, 0.05) is 37.7 Å². The number of benzene rings is 4. The van der Waals surface area contributed by atoms with Crippen molar-refractivity contribution in [2.45, 2.75) is 18.2 Å². The van der Waals surface area contributed by atoms with E-state index in [4.69, 9.17) is 26.2 Å². The summed E-state index contributed by atoms with van der Waals surface area (Å²) in [7, 11) is 5.48. The van der Waals surface area contributed by atoms with Crippen molar-refractivity contribution < 1.29 is 27.8 Å². The Balaban J connectivity index is 0.000000582. The third-order valence-corrected chi connectivity index (χ3v) is 8.37. The Labute approximate surface area is 279 Å². The highest BCUT2D eigenvalue weighted by molar-refractivity contribution is 6.30. The van der Waals surface area contributed by atoms with Crippen LogP contribution in [-0.2, 0) is 35.6 Å². The molecule has 0 aliphatic heterocycles. The van der Waals surface area contributed by atoms with Gasteiger partial charge in [0.1, 0.15) is 0 Å². The van der Waals surface area contributed by atoms with Crippen LogP contribution in [0.25, 0.3) is 22.0 Å². The maximum atomic E-state index is 13.1. The molecule has 11 heteroatoms. The highest BCUT2D eigenvalue weighted by Gasteiger charge is 2.40. The van der Waals surface area contributed by atoms with Gasteiger partial charge in [-0.05, 0) is 64.1 Å². The van der Waals surface area contributed by atoms with E-state index in [1.807, 2.05) is 67.3 Å². The molecule has 0 bridgehead atoms. The molecule has 246 valence electrons. The molecule has 0 saturated carbocycles. The summed E-state index contributed by atoms with van der Waals surface area (Å²) in [6, 6.07) is 34.4. The molecule has 0 amide bonds. The van der Waals surface area contributed by atoms with Gasteiger partial charge in [0.2, 0.25) is 0 Å². The predicted molar refractivity (Wildman–Crippen MR) is 179 cm³/mol. The summed E-state index contributed by atoms with van der Waals surface area (Å²) in [5.41, 5.74) is 6.82. The number of ether oxygens (including phenoxy) is 1. The van der Waals surface area contributed by atoms with Crippen molar-refractivity contribution >= 4 is 28.5 Å². The normalized spacial score (nSPS) is 12.6. The zero-order valence-corrected chi connectivity index (χ0v) is 27.0. The summed E-state index contributed by atoms with van der Waals surface area (Å²) >= 11 is 6.28. The summed E-state index contributed by atoms with van der Waals surface area (Å²) in [4.78, 5) is 26.4. The fraction of sp³-hybridized carbons (Fsp3) is 0.162. The first-order valence-electron chi connectivity index (χ1n) is 14.7. The molecule has 0 saturated heterocycles. The molecule has 0 radical (unpaired) electrons. The topological polar surface area (TPSA) is 86.4 Å². The predicted octanol–water partition coefficient (Wildman–Crippen LogP) is 7.75. The van der Waals surface area contributed by atoms with Crippen LogP contribution in [0.5, 0.6) is 0 Å². The van der Waals surface area contributed by atoms with Crippen LogP contribution < -0.4 is 5.56 Å². The van der Waals surface area contributed by atoms with Gasteiger partial charge in [0.05, 0.1) is 23.7 Å². The molecule has 6 rings (SSSR count). The molecular weight excluding hydrogens is 643 g/mol. The van der Waals surface area contributed by atoms with E-state index in [0.29, 0.717) is 5.02 Å². The Morgan fingerprint density at radius 1 is 0.875 bits per heavy atom. The molecule has 0 aliphatic rings. The third-order valence-electron chi connectivity index (χ3n) is 8.12. The highest BCUT2D eigenvalue weighted by Crippen LogP contribution is 2.42. The number of carboxylic acid groups (broad SMARTS) is 1. The van der Waals surface area contributed by atoms with Crippen LogP contribution in [-0.4, -0.2) is 38.5 Å². The Hall–Kier alpha value is -5.19. The van der Waals surface area contributed by atoms with Crippen LogP contribution in [0.2, 0.25) is 5.02 Å². The molecule has 0 spiro atoms. The number of nitrogens with zero attached hydrogens (tertiary/aromatic N) is 3. The lowest BCUT2D eigenvalue weighted by atomic mass is 9.82. The minimum absolute atomic E-state index is 0.0592. The first-order valence-corrected chi connectivity index (χ1v) is 15.1. The maximum Gasteiger partial charge on any atom is 0.490 e. The first kappa shape index (κ1) is 34.2. The molecule has 48 heavy (non-hydrogen) atoms. The Morgan fingerprint density at radius 3 is 2.12 bits per heavy atom. The van der Waals surface area contributed by atoms with E-state index in [1.165, 1.54) is 11.1 Å². The zero-order chi connectivity index (χ0) is 34.6. The third kappa shape index (κ3) is 6.90. The Morgan fingerprint density at radius 2 is 1.52 bits per heavy atom. The summed E-state index contributed by atoms with van der Waals surface area (Å²) in [5.74, 6) is -2.76. The number of aryl methyl sites for hydroxylation is 2. The van der Waals surface area contributed by atoms with Crippen LogP contribution in [0.1, 0.15) is 27.9 Å². The van der Waals surface area contributed by atoms with Crippen LogP contribution >= 0.6 is 11.6 Å². The number of aliphatic carboxylic acids is 1. The van der Waals surface area contributed by atoms with E-state index in [1.54, 1.807) is 24.1 Å². The number of carboxylic acids is 1. The van der Waals surface area contributed by atoms with Gasteiger partial charge in [-0.2, -0.15) is 13.2 Å². The molecule has 0 aliphatic carbocycles. The number of alkyl halides is 3. The highest BCUT2D eigenvalue weighted by atomic mass is 35.5. The molecule has 1 atom stereocenters. The molecule has 6 aromatic rings. The van der Waals surface area contributed by atoms with Crippen molar-refractivity contribution in [2.75, 3.05) is 7.11 Å². The number of pyridine rings is 1. The summed E-state index contributed by atoms with van der Waals surface area (Å²) < 4.78 is 41.8. The van der Waals surface area contributed by atoms with E-state index in [2.05, 4.69) is 59.6 Å². The molecular formula is C37H31ClF3N3O4. The molecule has 0 fully saturated rings. The molecule has 7 nitrogen and oxygen atoms in total. The quantitative estimate of drug-likeness (QED) is 0.187. The van der Waals surface area contributed by atoms with Crippen molar-refractivity contribution in [3.05, 3.63) is 159 Å². The van der Waals surface area contributed by atoms with Gasteiger partial charge < -0.3 is 19.0 Å². The van der Waals surface area contributed by atoms with Gasteiger partial charge in [-0.25, -0.2) is 9.78 Å². The number of imidazole rings is 1. The van der Waals surface area contributed by atoms with Crippen molar-refractivity contribution in [2.24, 2.45) is 14.1 Å². The van der Waals surface area contributed by atoms with Crippen LogP contribution in [0.3, 0.4) is 0 Å². The van der Waals surface area contributed by atoms with Gasteiger partial charge in [-0.15, -0.1) is 0 Å². The lowest BCUT2D eigenvalue weighted by molar-refractivity contribution is -0.192. The number of hydrogen-bond acceptors (Lipinski definition) is 4. The molecule has 2 aromatic heterocycles. The number of rotatable bonds is 7. The van der Waals surface area contributed by atoms with Crippen LogP contribution in [0, 0.1) is 0 Å². The van der Waals surface area contributed by atoms with E-state index >= 15 is 0 Å². The SMILES string of the molecule is COC(c1ccc(Cl)cc1)(c1ccc2c(c1)c(-c1cccc(Cc3ccccc3)c1)cc(=O)n2C)c1cncn1C.O=C(O)C(F)(F)F. The zero-order valence-electron chi connectivity index (χ0n) is 26.2. The first-order chi connectivity index (χ1) is 22.8. The minimum atomic E-state index is -5.08. The minimum Gasteiger partial charge on any atom is -0.475 e. The molecule has 4 aromatic carbocycles. The summed E-state index contributed by atoms with van der Waals surface area (Å²) in [5, 5.41) is 8.73. The monoisotopic (exact) mass is 673 g/mol. The Bertz CT molecular complexity index is 2130. The largest absolute Gasteiger partial charge is 0.490 e. The van der Waals surface area contributed by atoms with Crippen LogP contribution in [0.4, 0.5) is 13.2 Å². The number of hydrogen-bond donors (Lipinski definition) is 1. The van der Waals surface area contributed by atoms with Gasteiger partial charge in [0.25, 0.3) is 5.56 Å². The second-order valence-corrected chi connectivity index (χ2v) is 11.6. The lowest BCUT2D eigenvalue weighted by Crippen LogP contribution is -2.33. The molecule has 1 N–H and O–H groups in total. The van der Waals surface area contributed by atoms with Gasteiger partial charge >= 0.3 is 12.1 Å². The fourth-order valence-electron chi connectivity index (χ4n) is 5.78. The average molecular weight is 674 g/mol. The smallest absolute Gasteiger partial charge is 0.475 e. The molecule has 2 heterocycles. The van der Waals surface area contributed by atoms with Gasteiger partial charge in [-0.3, -0.25) is 4.79 Å². The summed E-state index contributed by atoms with van der Waals surface area (Å²) in [6.45, 7) is 0. The Kier molecular flexibility index (Phi) is 9.88. The number of halogens is 4. The van der Waals surface area contributed by atoms with Gasteiger partial charge in [-0.1, -0.05) is 84.4 Å². The van der Waals surface area contributed by atoms with E-state index in [0.717, 1.165) is 45.3 Å². The second kappa shape index (κ2) is 13.9. The van der Waals surface area contributed by atoms with Crippen molar-refractivity contribution in [1.82, 2.24) is 14.1 Å². The number of fused-ring (bicyclic) bond motifs is 1.